The molecule has 0 aliphatic carbocycles. The van der Waals surface area contributed by atoms with Crippen LogP contribution < -0.4 is 15.4 Å². The van der Waals surface area contributed by atoms with E-state index in [1.165, 1.54) is 12.1 Å². The number of halogens is 3. The lowest BCUT2D eigenvalue weighted by molar-refractivity contribution is -0.127. The highest BCUT2D eigenvalue weighted by Gasteiger charge is 2.16. The van der Waals surface area contributed by atoms with Gasteiger partial charge in [-0.25, -0.2) is 4.39 Å². The van der Waals surface area contributed by atoms with Crippen molar-refractivity contribution in [1.29, 1.82) is 0 Å². The second-order valence-electron chi connectivity index (χ2n) is 5.57. The predicted molar refractivity (Wildman–Crippen MR) is 95.7 cm³/mol. The van der Waals surface area contributed by atoms with Crippen LogP contribution in [0, 0.1) is 5.82 Å². The second kappa shape index (κ2) is 10.7. The summed E-state index contributed by atoms with van der Waals surface area (Å²) in [4.78, 5) is 14.4. The van der Waals surface area contributed by atoms with E-state index >= 15 is 0 Å². The maximum absolute atomic E-state index is 13.0. The molecule has 24 heavy (non-hydrogen) atoms. The van der Waals surface area contributed by atoms with E-state index < -0.39 is 11.9 Å². The fraction of sp³-hybridized carbons (Fsp3) is 0.562. The molecule has 0 bridgehead atoms. The molecule has 2 rings (SSSR count). The monoisotopic (exact) mass is 379 g/mol. The Morgan fingerprint density at radius 2 is 2.17 bits per heavy atom. The SMILES string of the molecule is CC(Oc1ccc(F)cc1Cl)C(=O)NCCCN1CCNCC1.Cl. The molecular weight excluding hydrogens is 356 g/mol. The quantitative estimate of drug-likeness (QED) is 0.712. The maximum Gasteiger partial charge on any atom is 0.260 e. The molecular formula is C16H24Cl2FN3O2. The molecule has 1 aliphatic heterocycles. The van der Waals surface area contributed by atoms with E-state index in [1.54, 1.807) is 6.92 Å². The van der Waals surface area contributed by atoms with Crippen molar-refractivity contribution >= 4 is 29.9 Å². The highest BCUT2D eigenvalue weighted by molar-refractivity contribution is 6.32. The second-order valence-corrected chi connectivity index (χ2v) is 5.98. The smallest absolute Gasteiger partial charge is 0.260 e. The van der Waals surface area contributed by atoms with E-state index in [0.717, 1.165) is 45.2 Å². The van der Waals surface area contributed by atoms with Gasteiger partial charge in [0.25, 0.3) is 5.91 Å². The highest BCUT2D eigenvalue weighted by atomic mass is 35.5. The molecule has 0 radical (unpaired) electrons. The first kappa shape index (κ1) is 21.0. The van der Waals surface area contributed by atoms with E-state index in [1.807, 2.05) is 0 Å². The number of carbonyl (C=O) groups is 1. The molecule has 1 heterocycles. The summed E-state index contributed by atoms with van der Waals surface area (Å²) in [7, 11) is 0. The molecule has 1 atom stereocenters. The van der Waals surface area contributed by atoms with Gasteiger partial charge < -0.3 is 20.3 Å². The summed E-state index contributed by atoms with van der Waals surface area (Å²) in [6.07, 6.45) is 0.215. The van der Waals surface area contributed by atoms with Crippen LogP contribution in [0.2, 0.25) is 5.02 Å². The van der Waals surface area contributed by atoms with Crippen molar-refractivity contribution in [3.8, 4) is 5.75 Å². The van der Waals surface area contributed by atoms with Crippen molar-refractivity contribution in [3.05, 3.63) is 29.0 Å². The van der Waals surface area contributed by atoms with Crippen molar-refractivity contribution in [3.63, 3.8) is 0 Å². The molecule has 1 amide bonds. The Hall–Kier alpha value is -1.08. The van der Waals surface area contributed by atoms with Gasteiger partial charge in [-0.2, -0.15) is 0 Å². The van der Waals surface area contributed by atoms with Gasteiger partial charge in [-0.3, -0.25) is 4.79 Å². The van der Waals surface area contributed by atoms with Gasteiger partial charge in [0.15, 0.2) is 6.10 Å². The lowest BCUT2D eigenvalue weighted by atomic mass is 10.3. The largest absolute Gasteiger partial charge is 0.479 e. The molecule has 0 aromatic heterocycles. The fourth-order valence-corrected chi connectivity index (χ4v) is 2.62. The fourth-order valence-electron chi connectivity index (χ4n) is 2.41. The topological polar surface area (TPSA) is 53.6 Å². The number of benzene rings is 1. The Morgan fingerprint density at radius 1 is 1.46 bits per heavy atom. The van der Waals surface area contributed by atoms with Crippen LogP contribution in [0.3, 0.4) is 0 Å². The Kier molecular flexibility index (Phi) is 9.36. The molecule has 1 aromatic carbocycles. The number of carbonyl (C=O) groups excluding carboxylic acids is 1. The molecule has 1 saturated heterocycles. The molecule has 1 fully saturated rings. The van der Waals surface area contributed by atoms with Gasteiger partial charge in [-0.05, 0) is 38.1 Å². The van der Waals surface area contributed by atoms with Crippen LogP contribution in [0.4, 0.5) is 4.39 Å². The minimum Gasteiger partial charge on any atom is -0.479 e. The third kappa shape index (κ3) is 6.81. The predicted octanol–water partition coefficient (Wildman–Crippen LogP) is 2.08. The Balaban J connectivity index is 0.00000288. The number of ether oxygens (including phenoxy) is 1. The molecule has 1 aliphatic rings. The zero-order chi connectivity index (χ0) is 16.7. The summed E-state index contributed by atoms with van der Waals surface area (Å²) in [5, 5.41) is 6.31. The number of nitrogens with one attached hydrogen (secondary N) is 2. The number of rotatable bonds is 7. The summed E-state index contributed by atoms with van der Waals surface area (Å²) < 4.78 is 18.5. The van der Waals surface area contributed by atoms with Crippen molar-refractivity contribution in [2.24, 2.45) is 0 Å². The Morgan fingerprint density at radius 3 is 2.83 bits per heavy atom. The minimum atomic E-state index is -0.683. The molecule has 0 saturated carbocycles. The zero-order valence-electron chi connectivity index (χ0n) is 13.7. The van der Waals surface area contributed by atoms with Crippen molar-refractivity contribution in [2.45, 2.75) is 19.4 Å². The molecule has 1 unspecified atom stereocenters. The third-order valence-corrected chi connectivity index (χ3v) is 4.02. The average molecular weight is 380 g/mol. The van der Waals surface area contributed by atoms with E-state index in [0.29, 0.717) is 12.3 Å². The van der Waals surface area contributed by atoms with Crippen LogP contribution in [0.1, 0.15) is 13.3 Å². The van der Waals surface area contributed by atoms with Gasteiger partial charge in [0.05, 0.1) is 5.02 Å². The number of piperazine rings is 1. The van der Waals surface area contributed by atoms with Crippen LogP contribution >= 0.6 is 24.0 Å². The number of nitrogens with zero attached hydrogens (tertiary/aromatic N) is 1. The van der Waals surface area contributed by atoms with Gasteiger partial charge in [0, 0.05) is 32.7 Å². The van der Waals surface area contributed by atoms with Gasteiger partial charge in [-0.15, -0.1) is 12.4 Å². The number of amides is 1. The zero-order valence-corrected chi connectivity index (χ0v) is 15.3. The van der Waals surface area contributed by atoms with Crippen LogP contribution in [-0.4, -0.2) is 56.2 Å². The maximum atomic E-state index is 13.0. The summed E-state index contributed by atoms with van der Waals surface area (Å²) in [6.45, 7) is 7.37. The van der Waals surface area contributed by atoms with Gasteiger partial charge in [-0.1, -0.05) is 11.6 Å². The van der Waals surface area contributed by atoms with Crippen molar-refractivity contribution in [2.75, 3.05) is 39.3 Å². The number of hydrogen-bond donors (Lipinski definition) is 2. The molecule has 1 aromatic rings. The summed E-state index contributed by atoms with van der Waals surface area (Å²) in [5.74, 6) is -0.338. The van der Waals surface area contributed by atoms with E-state index in [2.05, 4.69) is 15.5 Å². The average Bonchev–Trinajstić information content (AvgIpc) is 2.55. The van der Waals surface area contributed by atoms with Crippen molar-refractivity contribution in [1.82, 2.24) is 15.5 Å². The van der Waals surface area contributed by atoms with Crippen LogP contribution in [0.15, 0.2) is 18.2 Å². The Bertz CT molecular complexity index is 528. The van der Waals surface area contributed by atoms with Crippen LogP contribution in [-0.2, 0) is 4.79 Å². The van der Waals surface area contributed by atoms with Crippen LogP contribution in [0.5, 0.6) is 5.75 Å². The molecule has 5 nitrogen and oxygen atoms in total. The van der Waals surface area contributed by atoms with E-state index in [9.17, 15) is 9.18 Å². The van der Waals surface area contributed by atoms with Gasteiger partial charge in [0.1, 0.15) is 11.6 Å². The van der Waals surface area contributed by atoms with Gasteiger partial charge >= 0.3 is 0 Å². The molecule has 8 heteroatoms. The first-order chi connectivity index (χ1) is 11.1. The van der Waals surface area contributed by atoms with Gasteiger partial charge in [0.2, 0.25) is 0 Å². The molecule has 2 N–H and O–H groups in total. The first-order valence-electron chi connectivity index (χ1n) is 7.89. The normalized spacial score (nSPS) is 16.1. The highest BCUT2D eigenvalue weighted by Crippen LogP contribution is 2.25. The van der Waals surface area contributed by atoms with Crippen molar-refractivity contribution < 1.29 is 13.9 Å². The summed E-state index contributed by atoms with van der Waals surface area (Å²) in [6, 6.07) is 3.83. The molecule has 136 valence electrons. The summed E-state index contributed by atoms with van der Waals surface area (Å²) >= 11 is 5.88. The van der Waals surface area contributed by atoms with E-state index in [-0.39, 0.29) is 23.3 Å². The first-order valence-corrected chi connectivity index (χ1v) is 8.26. The standard InChI is InChI=1S/C16H23ClFN3O2.ClH/c1-12(23-15-4-3-13(18)11-14(15)17)16(22)20-5-2-8-21-9-6-19-7-10-21;/h3-4,11-12,19H,2,5-10H2,1H3,(H,20,22);1H. The van der Waals surface area contributed by atoms with Crippen LogP contribution in [0.25, 0.3) is 0 Å². The lowest BCUT2D eigenvalue weighted by Crippen LogP contribution is -2.44. The number of hydrogen-bond acceptors (Lipinski definition) is 4. The third-order valence-electron chi connectivity index (χ3n) is 3.73. The molecule has 0 spiro atoms. The van der Waals surface area contributed by atoms with E-state index in [4.69, 9.17) is 16.3 Å². The summed E-state index contributed by atoms with van der Waals surface area (Å²) in [5.41, 5.74) is 0. The minimum absolute atomic E-state index is 0. The Labute approximate surface area is 153 Å². The lowest BCUT2D eigenvalue weighted by Gasteiger charge is -2.27.